The standard InChI is InChI=1S/C24H30N2O5/c1-17(18-8-10-19(11-9-18)24(28)29)25-23(27)22-16-21(30-2)12-13-26(22)14-15-31-20-6-4-3-5-7-20/h3-11,17,21-22H,12-16H2,1-2H3,(H,25,27)(H,28,29)/t17-,21-,22+/m0/s1. The van der Waals surface area contributed by atoms with Gasteiger partial charge in [0.15, 0.2) is 0 Å². The highest BCUT2D eigenvalue weighted by molar-refractivity contribution is 5.87. The molecule has 7 nitrogen and oxygen atoms in total. The Kier molecular flexibility index (Phi) is 8.03. The minimum absolute atomic E-state index is 0.0483. The minimum Gasteiger partial charge on any atom is -0.492 e. The van der Waals surface area contributed by atoms with Gasteiger partial charge in [0, 0.05) is 20.2 Å². The first-order valence-electron chi connectivity index (χ1n) is 10.6. The topological polar surface area (TPSA) is 88.1 Å². The Bertz CT molecular complexity index is 856. The van der Waals surface area contributed by atoms with Crippen LogP contribution in [0.25, 0.3) is 0 Å². The minimum atomic E-state index is -0.968. The van der Waals surface area contributed by atoms with Gasteiger partial charge in [0.25, 0.3) is 0 Å². The number of amides is 1. The number of hydrogen-bond acceptors (Lipinski definition) is 5. The Balaban J connectivity index is 1.60. The van der Waals surface area contributed by atoms with Crippen LogP contribution in [0.1, 0.15) is 41.7 Å². The number of nitrogens with zero attached hydrogens (tertiary/aromatic N) is 1. The Labute approximate surface area is 183 Å². The summed E-state index contributed by atoms with van der Waals surface area (Å²) in [7, 11) is 1.68. The van der Waals surface area contributed by atoms with Crippen molar-refractivity contribution in [2.45, 2.75) is 38.0 Å². The van der Waals surface area contributed by atoms with Crippen molar-refractivity contribution in [2.24, 2.45) is 0 Å². The molecule has 1 saturated heterocycles. The Hall–Kier alpha value is -2.90. The Morgan fingerprint density at radius 3 is 2.52 bits per heavy atom. The van der Waals surface area contributed by atoms with Gasteiger partial charge in [-0.25, -0.2) is 4.79 Å². The molecule has 2 N–H and O–H groups in total. The van der Waals surface area contributed by atoms with Crippen LogP contribution in [0.15, 0.2) is 54.6 Å². The van der Waals surface area contributed by atoms with Crippen LogP contribution in [-0.4, -0.2) is 60.8 Å². The summed E-state index contributed by atoms with van der Waals surface area (Å²) in [5.74, 6) is -0.214. The van der Waals surface area contributed by atoms with Crippen molar-refractivity contribution in [1.82, 2.24) is 10.2 Å². The number of carboxylic acids is 1. The molecular weight excluding hydrogens is 396 g/mol. The molecule has 31 heavy (non-hydrogen) atoms. The SMILES string of the molecule is CO[C@H]1CCN(CCOc2ccccc2)[C@@H](C(=O)N[C@@H](C)c2ccc(C(=O)O)cc2)C1. The van der Waals surface area contributed by atoms with Gasteiger partial charge in [-0.2, -0.15) is 0 Å². The molecule has 1 fully saturated rings. The fourth-order valence-corrected chi connectivity index (χ4v) is 3.84. The maximum absolute atomic E-state index is 13.1. The molecule has 1 aliphatic heterocycles. The van der Waals surface area contributed by atoms with Crippen molar-refractivity contribution in [3.63, 3.8) is 0 Å². The number of likely N-dealkylation sites (tertiary alicyclic amines) is 1. The largest absolute Gasteiger partial charge is 0.492 e. The highest BCUT2D eigenvalue weighted by Crippen LogP contribution is 2.22. The molecule has 7 heteroatoms. The first-order valence-corrected chi connectivity index (χ1v) is 10.6. The second-order valence-electron chi connectivity index (χ2n) is 7.75. The Morgan fingerprint density at radius 1 is 1.16 bits per heavy atom. The number of nitrogens with one attached hydrogen (secondary N) is 1. The van der Waals surface area contributed by atoms with Crippen molar-refractivity contribution in [2.75, 3.05) is 26.8 Å². The number of para-hydroxylation sites is 1. The van der Waals surface area contributed by atoms with E-state index in [0.717, 1.165) is 24.3 Å². The van der Waals surface area contributed by atoms with Crippen LogP contribution in [0.4, 0.5) is 0 Å². The van der Waals surface area contributed by atoms with Crippen LogP contribution >= 0.6 is 0 Å². The van der Waals surface area contributed by atoms with E-state index in [1.807, 2.05) is 37.3 Å². The van der Waals surface area contributed by atoms with E-state index in [4.69, 9.17) is 14.6 Å². The van der Waals surface area contributed by atoms with E-state index in [9.17, 15) is 9.59 Å². The van der Waals surface area contributed by atoms with Gasteiger partial charge in [-0.3, -0.25) is 9.69 Å². The molecule has 0 bridgehead atoms. The van der Waals surface area contributed by atoms with E-state index in [2.05, 4.69) is 10.2 Å². The lowest BCUT2D eigenvalue weighted by atomic mass is 9.97. The molecule has 0 aliphatic carbocycles. The van der Waals surface area contributed by atoms with Crippen LogP contribution < -0.4 is 10.1 Å². The van der Waals surface area contributed by atoms with Crippen LogP contribution in [0.5, 0.6) is 5.75 Å². The lowest BCUT2D eigenvalue weighted by Gasteiger charge is -2.38. The van der Waals surface area contributed by atoms with Crippen molar-refractivity contribution in [3.05, 3.63) is 65.7 Å². The van der Waals surface area contributed by atoms with Crippen molar-refractivity contribution in [1.29, 1.82) is 0 Å². The summed E-state index contributed by atoms with van der Waals surface area (Å²) >= 11 is 0. The molecule has 2 aromatic rings. The van der Waals surface area contributed by atoms with Crippen LogP contribution in [0.2, 0.25) is 0 Å². The molecule has 1 amide bonds. The predicted molar refractivity (Wildman–Crippen MR) is 117 cm³/mol. The van der Waals surface area contributed by atoms with Crippen molar-refractivity contribution in [3.8, 4) is 5.75 Å². The number of hydrogen-bond donors (Lipinski definition) is 2. The summed E-state index contributed by atoms with van der Waals surface area (Å²) in [6, 6.07) is 15.7. The zero-order valence-corrected chi connectivity index (χ0v) is 18.0. The maximum Gasteiger partial charge on any atom is 0.335 e. The highest BCUT2D eigenvalue weighted by Gasteiger charge is 2.34. The molecule has 3 rings (SSSR count). The van der Waals surface area contributed by atoms with E-state index in [0.29, 0.717) is 19.6 Å². The monoisotopic (exact) mass is 426 g/mol. The van der Waals surface area contributed by atoms with E-state index in [1.54, 1.807) is 31.4 Å². The number of carbonyl (C=O) groups is 2. The number of methoxy groups -OCH3 is 1. The lowest BCUT2D eigenvalue weighted by Crippen LogP contribution is -2.54. The number of ether oxygens (including phenoxy) is 2. The van der Waals surface area contributed by atoms with Gasteiger partial charge >= 0.3 is 5.97 Å². The molecule has 0 spiro atoms. The van der Waals surface area contributed by atoms with E-state index < -0.39 is 5.97 Å². The molecule has 1 heterocycles. The zero-order valence-electron chi connectivity index (χ0n) is 18.0. The third-order valence-corrected chi connectivity index (χ3v) is 5.71. The average Bonchev–Trinajstić information content (AvgIpc) is 2.80. The van der Waals surface area contributed by atoms with Gasteiger partial charge in [-0.15, -0.1) is 0 Å². The maximum atomic E-state index is 13.1. The van der Waals surface area contributed by atoms with Gasteiger partial charge in [0.05, 0.1) is 23.8 Å². The van der Waals surface area contributed by atoms with Gasteiger partial charge in [-0.05, 0) is 49.6 Å². The lowest BCUT2D eigenvalue weighted by molar-refractivity contribution is -0.131. The second-order valence-corrected chi connectivity index (χ2v) is 7.75. The molecule has 0 unspecified atom stereocenters. The number of rotatable bonds is 9. The predicted octanol–water partition coefficient (Wildman–Crippen LogP) is 3.12. The zero-order chi connectivity index (χ0) is 22.2. The quantitative estimate of drug-likeness (QED) is 0.641. The summed E-state index contributed by atoms with van der Waals surface area (Å²) in [4.78, 5) is 26.3. The summed E-state index contributed by atoms with van der Waals surface area (Å²) in [5, 5.41) is 12.1. The van der Waals surface area contributed by atoms with Gasteiger partial charge in [0.2, 0.25) is 5.91 Å². The number of piperidine rings is 1. The molecule has 0 radical (unpaired) electrons. The van der Waals surface area contributed by atoms with E-state index in [-0.39, 0.29) is 29.7 Å². The fourth-order valence-electron chi connectivity index (χ4n) is 3.84. The van der Waals surface area contributed by atoms with Crippen LogP contribution in [-0.2, 0) is 9.53 Å². The van der Waals surface area contributed by atoms with E-state index in [1.165, 1.54) is 0 Å². The molecule has 166 valence electrons. The van der Waals surface area contributed by atoms with Gasteiger partial charge in [0.1, 0.15) is 12.4 Å². The second kappa shape index (κ2) is 10.9. The summed E-state index contributed by atoms with van der Waals surface area (Å²) in [6.45, 7) is 3.80. The first-order chi connectivity index (χ1) is 15.0. The fraction of sp³-hybridized carbons (Fsp3) is 0.417. The normalized spacial score (nSPS) is 20.1. The van der Waals surface area contributed by atoms with Crippen molar-refractivity contribution >= 4 is 11.9 Å². The van der Waals surface area contributed by atoms with Crippen LogP contribution in [0, 0.1) is 0 Å². The summed E-state index contributed by atoms with van der Waals surface area (Å²) < 4.78 is 11.3. The molecule has 0 saturated carbocycles. The third kappa shape index (κ3) is 6.29. The number of carbonyl (C=O) groups excluding carboxylic acids is 1. The number of carboxylic acid groups (broad SMARTS) is 1. The molecule has 3 atom stereocenters. The smallest absolute Gasteiger partial charge is 0.335 e. The average molecular weight is 427 g/mol. The Morgan fingerprint density at radius 2 is 1.87 bits per heavy atom. The third-order valence-electron chi connectivity index (χ3n) is 5.71. The molecule has 2 aromatic carbocycles. The molecule has 1 aliphatic rings. The highest BCUT2D eigenvalue weighted by atomic mass is 16.5. The van der Waals surface area contributed by atoms with Gasteiger partial charge in [-0.1, -0.05) is 30.3 Å². The van der Waals surface area contributed by atoms with Crippen molar-refractivity contribution < 1.29 is 24.2 Å². The number of benzene rings is 2. The summed E-state index contributed by atoms with van der Waals surface area (Å²) in [5.41, 5.74) is 1.08. The van der Waals surface area contributed by atoms with Gasteiger partial charge < -0.3 is 19.9 Å². The number of aromatic carboxylic acids is 1. The van der Waals surface area contributed by atoms with Crippen LogP contribution in [0.3, 0.4) is 0 Å². The van der Waals surface area contributed by atoms with E-state index >= 15 is 0 Å². The molecule has 0 aromatic heterocycles. The molecular formula is C24H30N2O5. The summed E-state index contributed by atoms with van der Waals surface area (Å²) in [6.07, 6.45) is 1.54. The first kappa shape index (κ1) is 22.8.